The third-order valence-electron chi connectivity index (χ3n) is 3.66. The molecule has 1 unspecified atom stereocenters. The first-order chi connectivity index (χ1) is 8.57. The molecule has 1 atom stereocenters. The molecule has 4 nitrogen and oxygen atoms in total. The summed E-state index contributed by atoms with van der Waals surface area (Å²) in [6.07, 6.45) is 1.42. The van der Waals surface area contributed by atoms with Gasteiger partial charge >= 0.3 is 5.97 Å². The molecule has 1 aliphatic rings. The summed E-state index contributed by atoms with van der Waals surface area (Å²) < 4.78 is 5.28. The first-order valence-corrected chi connectivity index (χ1v) is 6.23. The van der Waals surface area contributed by atoms with Gasteiger partial charge in [0.15, 0.2) is 0 Å². The highest BCUT2D eigenvalue weighted by Crippen LogP contribution is 2.36. The van der Waals surface area contributed by atoms with Crippen LogP contribution in [0.2, 0.25) is 0 Å². The maximum atomic E-state index is 10.9. The van der Waals surface area contributed by atoms with E-state index in [2.05, 4.69) is 31.2 Å². The number of rotatable bonds is 5. The molecule has 1 aromatic rings. The van der Waals surface area contributed by atoms with Crippen LogP contribution in [0.3, 0.4) is 0 Å². The Hall–Kier alpha value is -1.39. The van der Waals surface area contributed by atoms with Gasteiger partial charge in [0.1, 0.15) is 6.04 Å². The molecule has 0 spiro atoms. The van der Waals surface area contributed by atoms with Gasteiger partial charge in [-0.1, -0.05) is 31.2 Å². The molecule has 0 radical (unpaired) electrons. The number of aryl methyl sites for hydroxylation is 1. The van der Waals surface area contributed by atoms with E-state index < -0.39 is 12.0 Å². The summed E-state index contributed by atoms with van der Waals surface area (Å²) in [5.74, 6) is -0.952. The number of ether oxygens (including phenoxy) is 1. The number of nitrogens with two attached hydrogens (primary N) is 1. The van der Waals surface area contributed by atoms with Gasteiger partial charge in [-0.2, -0.15) is 0 Å². The van der Waals surface area contributed by atoms with Crippen LogP contribution < -0.4 is 5.73 Å². The largest absolute Gasteiger partial charge is 0.480 e. The minimum Gasteiger partial charge on any atom is -0.480 e. The second-order valence-electron chi connectivity index (χ2n) is 4.97. The molecule has 1 heterocycles. The molecule has 1 saturated heterocycles. The Morgan fingerprint density at radius 3 is 2.44 bits per heavy atom. The van der Waals surface area contributed by atoms with E-state index in [9.17, 15) is 4.79 Å². The van der Waals surface area contributed by atoms with E-state index >= 15 is 0 Å². The summed E-state index contributed by atoms with van der Waals surface area (Å²) in [5, 5.41) is 8.93. The van der Waals surface area contributed by atoms with Crippen molar-refractivity contribution in [3.8, 4) is 0 Å². The molecule has 18 heavy (non-hydrogen) atoms. The fraction of sp³-hybridized carbons (Fsp3) is 0.500. The summed E-state index contributed by atoms with van der Waals surface area (Å²) in [4.78, 5) is 10.9. The highest BCUT2D eigenvalue weighted by atomic mass is 16.5. The van der Waals surface area contributed by atoms with Gasteiger partial charge in [-0.05, 0) is 24.0 Å². The van der Waals surface area contributed by atoms with E-state index in [1.54, 1.807) is 0 Å². The molecule has 2 rings (SSSR count). The fourth-order valence-electron chi connectivity index (χ4n) is 2.35. The summed E-state index contributed by atoms with van der Waals surface area (Å²) in [6, 6.07) is 7.47. The number of aliphatic carboxylic acids is 1. The Labute approximate surface area is 107 Å². The van der Waals surface area contributed by atoms with E-state index in [-0.39, 0.29) is 5.41 Å². The lowest BCUT2D eigenvalue weighted by Crippen LogP contribution is -2.51. The number of carboxylic acids is 1. The van der Waals surface area contributed by atoms with Crippen molar-refractivity contribution < 1.29 is 14.6 Å². The van der Waals surface area contributed by atoms with E-state index in [0.717, 1.165) is 12.0 Å². The molecular weight excluding hydrogens is 230 g/mol. The van der Waals surface area contributed by atoms with Crippen LogP contribution >= 0.6 is 0 Å². The smallest absolute Gasteiger partial charge is 0.320 e. The molecule has 4 heteroatoms. The highest BCUT2D eigenvalue weighted by Gasteiger charge is 2.42. The summed E-state index contributed by atoms with van der Waals surface area (Å²) in [5.41, 5.74) is 7.83. The lowest BCUT2D eigenvalue weighted by Gasteiger charge is -2.43. The molecule has 1 aromatic carbocycles. The van der Waals surface area contributed by atoms with Gasteiger partial charge in [0.2, 0.25) is 0 Å². The Bertz CT molecular complexity index is 423. The van der Waals surface area contributed by atoms with Gasteiger partial charge in [-0.15, -0.1) is 0 Å². The molecule has 98 valence electrons. The lowest BCUT2D eigenvalue weighted by atomic mass is 9.73. The second-order valence-corrected chi connectivity index (χ2v) is 4.97. The average molecular weight is 249 g/mol. The Kier molecular flexibility index (Phi) is 3.68. The van der Waals surface area contributed by atoms with Gasteiger partial charge in [0.25, 0.3) is 0 Å². The molecule has 3 N–H and O–H groups in total. The monoisotopic (exact) mass is 249 g/mol. The quantitative estimate of drug-likeness (QED) is 0.825. The molecule has 0 aromatic heterocycles. The molecule has 0 saturated carbocycles. The van der Waals surface area contributed by atoms with Gasteiger partial charge in [-0.3, -0.25) is 4.79 Å². The Morgan fingerprint density at radius 1 is 1.44 bits per heavy atom. The Morgan fingerprint density at radius 2 is 2.06 bits per heavy atom. The van der Waals surface area contributed by atoms with Crippen LogP contribution in [0.15, 0.2) is 24.3 Å². The van der Waals surface area contributed by atoms with E-state index in [0.29, 0.717) is 19.6 Å². The molecule has 0 amide bonds. The van der Waals surface area contributed by atoms with Crippen molar-refractivity contribution in [2.24, 2.45) is 5.73 Å². The minimum absolute atomic E-state index is 0.218. The number of benzene rings is 1. The van der Waals surface area contributed by atoms with Crippen LogP contribution in [0.25, 0.3) is 0 Å². The number of hydrogen-bond acceptors (Lipinski definition) is 3. The fourth-order valence-corrected chi connectivity index (χ4v) is 2.35. The first kappa shape index (κ1) is 13.1. The standard InChI is InChI=1S/C14H19NO3/c1-2-10-3-5-11(6-4-10)14(8-18-9-14)7-12(15)13(16)17/h3-6,12H,2,7-9,15H2,1H3,(H,16,17). The molecule has 0 bridgehead atoms. The normalized spacial score (nSPS) is 19.0. The van der Waals surface area contributed by atoms with E-state index in [4.69, 9.17) is 15.6 Å². The average Bonchev–Trinajstić information content (AvgIpc) is 2.33. The van der Waals surface area contributed by atoms with Gasteiger partial charge in [0.05, 0.1) is 13.2 Å². The number of carboxylic acid groups (broad SMARTS) is 1. The minimum atomic E-state index is -0.952. The van der Waals surface area contributed by atoms with Gasteiger partial charge < -0.3 is 15.6 Å². The first-order valence-electron chi connectivity index (χ1n) is 6.23. The third kappa shape index (κ3) is 2.40. The molecule has 1 aliphatic heterocycles. The SMILES string of the molecule is CCc1ccc(C2(CC(N)C(=O)O)COC2)cc1. The predicted molar refractivity (Wildman–Crippen MR) is 68.5 cm³/mol. The van der Waals surface area contributed by atoms with Crippen LogP contribution in [0, 0.1) is 0 Å². The molecule has 0 aliphatic carbocycles. The maximum Gasteiger partial charge on any atom is 0.320 e. The summed E-state index contributed by atoms with van der Waals surface area (Å²) in [6.45, 7) is 3.22. The lowest BCUT2D eigenvalue weighted by molar-refractivity contribution is -0.141. The molecular formula is C14H19NO3. The van der Waals surface area contributed by atoms with Crippen LogP contribution in [0.4, 0.5) is 0 Å². The third-order valence-corrected chi connectivity index (χ3v) is 3.66. The van der Waals surface area contributed by atoms with Gasteiger partial charge in [-0.25, -0.2) is 0 Å². The van der Waals surface area contributed by atoms with Crippen LogP contribution in [0.1, 0.15) is 24.5 Å². The number of hydrogen-bond donors (Lipinski definition) is 2. The van der Waals surface area contributed by atoms with Crippen molar-refractivity contribution in [3.63, 3.8) is 0 Å². The summed E-state index contributed by atoms with van der Waals surface area (Å²) in [7, 11) is 0. The van der Waals surface area contributed by atoms with Crippen LogP contribution in [-0.4, -0.2) is 30.3 Å². The van der Waals surface area contributed by atoms with Crippen molar-refractivity contribution >= 4 is 5.97 Å². The Balaban J connectivity index is 2.18. The van der Waals surface area contributed by atoms with Crippen LogP contribution in [0.5, 0.6) is 0 Å². The maximum absolute atomic E-state index is 10.9. The van der Waals surface area contributed by atoms with Gasteiger partial charge in [0, 0.05) is 5.41 Å². The molecule has 1 fully saturated rings. The van der Waals surface area contributed by atoms with Crippen molar-refractivity contribution in [2.45, 2.75) is 31.2 Å². The zero-order valence-corrected chi connectivity index (χ0v) is 10.6. The topological polar surface area (TPSA) is 72.6 Å². The number of carbonyl (C=O) groups is 1. The van der Waals surface area contributed by atoms with Crippen molar-refractivity contribution in [2.75, 3.05) is 13.2 Å². The van der Waals surface area contributed by atoms with Crippen molar-refractivity contribution in [3.05, 3.63) is 35.4 Å². The van der Waals surface area contributed by atoms with E-state index in [1.807, 2.05) is 0 Å². The van der Waals surface area contributed by atoms with Crippen molar-refractivity contribution in [1.29, 1.82) is 0 Å². The zero-order chi connectivity index (χ0) is 13.2. The predicted octanol–water partition coefficient (Wildman–Crippen LogP) is 1.32. The van der Waals surface area contributed by atoms with E-state index in [1.165, 1.54) is 5.56 Å². The second kappa shape index (κ2) is 5.08. The van der Waals surface area contributed by atoms with Crippen molar-refractivity contribution in [1.82, 2.24) is 0 Å². The van der Waals surface area contributed by atoms with Crippen LogP contribution in [-0.2, 0) is 21.4 Å². The zero-order valence-electron chi connectivity index (χ0n) is 10.6. The summed E-state index contributed by atoms with van der Waals surface area (Å²) >= 11 is 0. The highest BCUT2D eigenvalue weighted by molar-refractivity contribution is 5.73.